The van der Waals surface area contributed by atoms with E-state index in [0.717, 1.165) is 79.1 Å². The molecule has 0 spiro atoms. The highest BCUT2D eigenvalue weighted by Gasteiger charge is 2.25. The molecule has 0 radical (unpaired) electrons. The molecular weight excluding hydrogens is 1030 g/mol. The first-order valence-electron chi connectivity index (χ1n) is 27.7. The lowest BCUT2D eigenvalue weighted by molar-refractivity contribution is 0.540. The molecule has 82 heavy (non-hydrogen) atoms. The molecule has 0 amide bonds. The topological polar surface area (TPSA) is 154 Å². The molecule has 1 aliphatic heterocycles. The fraction of sp³-hybridized carbons (Fsp3) is 0.377. The molecule has 11 aromatic rings. The van der Waals surface area contributed by atoms with Gasteiger partial charge in [-0.25, -0.2) is 39.9 Å². The molecular formula is C69H85N11OS. The van der Waals surface area contributed by atoms with Crippen molar-refractivity contribution in [3.05, 3.63) is 186 Å². The number of fused-ring (bicyclic) bond motifs is 6. The van der Waals surface area contributed by atoms with Crippen LogP contribution in [0.5, 0.6) is 0 Å². The third kappa shape index (κ3) is 16.0. The van der Waals surface area contributed by atoms with Crippen LogP contribution in [-0.2, 0) is 38.9 Å². The number of aromatic nitrogens is 10. The van der Waals surface area contributed by atoms with E-state index in [1.54, 1.807) is 42.9 Å². The van der Waals surface area contributed by atoms with E-state index < -0.39 is 0 Å². The van der Waals surface area contributed by atoms with Gasteiger partial charge in [-0.05, 0) is 63.7 Å². The number of benzene rings is 3. The molecule has 0 aliphatic carbocycles. The summed E-state index contributed by atoms with van der Waals surface area (Å²) < 4.78 is 6.57. The van der Waals surface area contributed by atoms with Crippen molar-refractivity contribution >= 4 is 77.3 Å². The minimum absolute atomic E-state index is 0. The van der Waals surface area contributed by atoms with Gasteiger partial charge in [0, 0.05) is 68.9 Å². The monoisotopic (exact) mass is 1120 g/mol. The van der Waals surface area contributed by atoms with E-state index in [1.807, 2.05) is 61.1 Å². The second kappa shape index (κ2) is 26.0. The first kappa shape index (κ1) is 63.4. The number of nitrogens with zero attached hydrogens (tertiary/aromatic N) is 11. The number of thiophene rings is 1. The number of furan rings is 1. The van der Waals surface area contributed by atoms with Crippen molar-refractivity contribution in [3.63, 3.8) is 0 Å². The molecule has 13 heteroatoms. The van der Waals surface area contributed by atoms with Gasteiger partial charge < -0.3 is 4.42 Å². The van der Waals surface area contributed by atoms with Crippen molar-refractivity contribution in [3.8, 4) is 0 Å². The first-order valence-corrected chi connectivity index (χ1v) is 28.5. The van der Waals surface area contributed by atoms with Crippen LogP contribution >= 0.6 is 11.3 Å². The zero-order chi connectivity index (χ0) is 59.0. The van der Waals surface area contributed by atoms with E-state index in [1.165, 1.54) is 26.6 Å². The van der Waals surface area contributed by atoms with Gasteiger partial charge >= 0.3 is 0 Å². The van der Waals surface area contributed by atoms with Crippen LogP contribution < -0.4 is 0 Å². The van der Waals surface area contributed by atoms with Gasteiger partial charge in [0.05, 0.1) is 61.5 Å². The van der Waals surface area contributed by atoms with Gasteiger partial charge in [0.25, 0.3) is 0 Å². The van der Waals surface area contributed by atoms with Crippen LogP contribution in [0.3, 0.4) is 0 Å². The standard InChI is InChI=1S/2C13H15N.C12H14N2.C10H13N3.C10H12N2O.C10H12N2S.CH4/c2*1-13(2,3)11-8-9-14-12-7-5-4-6-10(11)12;1-12(2,3)11-9-6-4-5-7-10(9)13-8-14-11;1-10(2,3)9-8-7(4-5-11-8)12-6-13-9;2*1-10(2,3)9-8-7(4-5-13-8)11-6-12-9;/h2*4-9H,1-3H3;4-8H,1-3H3;5-6H,4H2,1-3H3;2*4-6H,1-3H3;1H4. The summed E-state index contributed by atoms with van der Waals surface area (Å²) >= 11 is 1.72. The third-order valence-corrected chi connectivity index (χ3v) is 14.1. The Balaban J connectivity index is 0.000000158. The smallest absolute Gasteiger partial charge is 0.174 e. The van der Waals surface area contributed by atoms with Crippen molar-refractivity contribution in [2.45, 2.75) is 171 Å². The Morgan fingerprint density at radius 3 is 1.32 bits per heavy atom. The molecule has 0 atom stereocenters. The second-order valence-corrected chi connectivity index (χ2v) is 27.2. The summed E-state index contributed by atoms with van der Waals surface area (Å²) in [7, 11) is 0. The molecule has 0 fully saturated rings. The highest BCUT2D eigenvalue weighted by molar-refractivity contribution is 7.17. The predicted molar refractivity (Wildman–Crippen MR) is 345 cm³/mol. The van der Waals surface area contributed by atoms with E-state index >= 15 is 0 Å². The first-order chi connectivity index (χ1) is 38.0. The summed E-state index contributed by atoms with van der Waals surface area (Å²) in [5.41, 5.74) is 15.5. The average molecular weight is 1120 g/mol. The quantitative estimate of drug-likeness (QED) is 0.142. The number of hydrogen-bond acceptors (Lipinski definition) is 13. The van der Waals surface area contributed by atoms with Gasteiger partial charge in [-0.15, -0.1) is 11.3 Å². The van der Waals surface area contributed by atoms with E-state index in [4.69, 9.17) is 4.42 Å². The molecule has 0 saturated heterocycles. The zero-order valence-corrected chi connectivity index (χ0v) is 51.7. The van der Waals surface area contributed by atoms with Crippen LogP contribution in [0, 0.1) is 0 Å². The lowest BCUT2D eigenvalue weighted by Gasteiger charge is -2.20. The summed E-state index contributed by atoms with van der Waals surface area (Å²) in [5.74, 6) is 0. The molecule has 12 rings (SSSR count). The average Bonchev–Trinajstić information content (AvgIpc) is 4.27. The van der Waals surface area contributed by atoms with Crippen molar-refractivity contribution in [2.75, 3.05) is 0 Å². The molecule has 428 valence electrons. The lowest BCUT2D eigenvalue weighted by Crippen LogP contribution is -2.14. The van der Waals surface area contributed by atoms with Gasteiger partial charge in [-0.3, -0.25) is 15.0 Å². The Bertz CT molecular complexity index is 3580. The Hall–Kier alpha value is -7.77. The molecule has 0 saturated carbocycles. The second-order valence-electron chi connectivity index (χ2n) is 26.2. The summed E-state index contributed by atoms with van der Waals surface area (Å²) in [4.78, 5) is 47.1. The summed E-state index contributed by atoms with van der Waals surface area (Å²) in [6, 6.07) is 32.8. The van der Waals surface area contributed by atoms with Crippen LogP contribution in [0.15, 0.2) is 156 Å². The van der Waals surface area contributed by atoms with Gasteiger partial charge in [-0.1, -0.05) is 187 Å². The molecule has 0 N–H and O–H groups in total. The lowest BCUT2D eigenvalue weighted by atomic mass is 9.85. The molecule has 1 aliphatic rings. The Labute approximate surface area is 491 Å². The van der Waals surface area contributed by atoms with Crippen molar-refractivity contribution < 1.29 is 4.42 Å². The maximum absolute atomic E-state index is 5.35. The number of hydrogen-bond donors (Lipinski definition) is 0. The van der Waals surface area contributed by atoms with Crippen molar-refractivity contribution in [1.82, 2.24) is 49.8 Å². The molecule has 3 aromatic carbocycles. The van der Waals surface area contributed by atoms with Crippen LogP contribution in [0.2, 0.25) is 0 Å². The van der Waals surface area contributed by atoms with E-state index in [0.29, 0.717) is 0 Å². The maximum Gasteiger partial charge on any atom is 0.174 e. The van der Waals surface area contributed by atoms with Crippen molar-refractivity contribution in [2.24, 2.45) is 4.99 Å². The number of aliphatic imine (C=N–C) groups is 1. The third-order valence-electron chi connectivity index (χ3n) is 13.2. The number of rotatable bonds is 0. The molecule has 0 bridgehead atoms. The van der Waals surface area contributed by atoms with Gasteiger partial charge in [0.15, 0.2) is 5.58 Å². The van der Waals surface area contributed by atoms with E-state index in [-0.39, 0.29) is 39.9 Å². The highest BCUT2D eigenvalue weighted by Crippen LogP contribution is 2.35. The Kier molecular flexibility index (Phi) is 20.1. The van der Waals surface area contributed by atoms with E-state index in [2.05, 4.69) is 239 Å². The van der Waals surface area contributed by atoms with Gasteiger partial charge in [-0.2, -0.15) is 0 Å². The highest BCUT2D eigenvalue weighted by atomic mass is 32.1. The van der Waals surface area contributed by atoms with Crippen LogP contribution in [-0.4, -0.2) is 56.1 Å². The van der Waals surface area contributed by atoms with Crippen molar-refractivity contribution in [1.29, 1.82) is 0 Å². The Morgan fingerprint density at radius 2 is 0.805 bits per heavy atom. The minimum Gasteiger partial charge on any atom is -0.461 e. The fourth-order valence-electron chi connectivity index (χ4n) is 9.22. The SMILES string of the molecule is C.CC(C)(C)c1ccnc2ccccc12.CC(C)(C)c1ccnc2ccccc12.CC(C)(C)c1ncnc2c1N=CC2.CC(C)(C)c1ncnc2ccccc12.CC(C)(C)c1ncnc2ccoc12.CC(C)(C)c1ncnc2ccsc12. The minimum atomic E-state index is -0.000949. The molecule has 8 aromatic heterocycles. The number of para-hydroxylation sites is 3. The molecule has 9 heterocycles. The molecule has 12 nitrogen and oxygen atoms in total. The normalized spacial score (nSPS) is 12.3. The largest absolute Gasteiger partial charge is 0.461 e. The van der Waals surface area contributed by atoms with E-state index in [9.17, 15) is 0 Å². The zero-order valence-electron chi connectivity index (χ0n) is 50.9. The van der Waals surface area contributed by atoms with Gasteiger partial charge in [0.2, 0.25) is 0 Å². The summed E-state index contributed by atoms with van der Waals surface area (Å²) in [6.45, 7) is 39.2. The van der Waals surface area contributed by atoms with Gasteiger partial charge in [0.1, 0.15) is 36.5 Å². The summed E-state index contributed by atoms with van der Waals surface area (Å²) in [6.07, 6.45) is 14.7. The van der Waals surface area contributed by atoms with Crippen LogP contribution in [0.4, 0.5) is 5.69 Å². The number of pyridine rings is 2. The maximum atomic E-state index is 5.35. The van der Waals surface area contributed by atoms with Crippen LogP contribution in [0.25, 0.3) is 54.0 Å². The fourth-order valence-corrected chi connectivity index (χ4v) is 10.3. The molecule has 0 unspecified atom stereocenters. The predicted octanol–water partition coefficient (Wildman–Crippen LogP) is 18.2. The van der Waals surface area contributed by atoms with Crippen LogP contribution in [0.1, 0.15) is 172 Å². The Morgan fingerprint density at radius 1 is 0.378 bits per heavy atom. The summed E-state index contributed by atoms with van der Waals surface area (Å²) in [5, 5.41) is 5.75.